The molecule has 2 aromatic carbocycles. The standard InChI is InChI=1S/C18H21NO2/c1-21-18-13-15(7-8-17(18)10-12-20)9-11-19-14-16-5-3-2-4-6-16/h2-8,12-13,19H,9-11,14H2,1H3. The van der Waals surface area contributed by atoms with Gasteiger partial charge in [-0.1, -0.05) is 42.5 Å². The average Bonchev–Trinajstić information content (AvgIpc) is 2.54. The minimum absolute atomic E-state index is 0.399. The van der Waals surface area contributed by atoms with Gasteiger partial charge >= 0.3 is 0 Å². The SMILES string of the molecule is COc1cc(CCNCc2ccccc2)ccc1CC=O. The Labute approximate surface area is 126 Å². The smallest absolute Gasteiger partial charge is 0.124 e. The Morgan fingerprint density at radius 3 is 2.62 bits per heavy atom. The second kappa shape index (κ2) is 8.22. The second-order valence-corrected chi connectivity index (χ2v) is 4.93. The maximum atomic E-state index is 10.6. The fourth-order valence-electron chi connectivity index (χ4n) is 2.26. The maximum absolute atomic E-state index is 10.6. The van der Waals surface area contributed by atoms with Gasteiger partial charge in [0.1, 0.15) is 12.0 Å². The Kier molecular flexibility index (Phi) is 5.98. The number of benzene rings is 2. The van der Waals surface area contributed by atoms with Gasteiger partial charge in [-0.05, 0) is 30.2 Å². The maximum Gasteiger partial charge on any atom is 0.124 e. The van der Waals surface area contributed by atoms with E-state index in [0.717, 1.165) is 37.1 Å². The molecule has 0 bridgehead atoms. The summed E-state index contributed by atoms with van der Waals surface area (Å²) in [6.45, 7) is 1.78. The number of carbonyl (C=O) groups excluding carboxylic acids is 1. The first kappa shape index (κ1) is 15.3. The minimum atomic E-state index is 0.399. The molecule has 110 valence electrons. The van der Waals surface area contributed by atoms with E-state index in [0.29, 0.717) is 6.42 Å². The van der Waals surface area contributed by atoms with E-state index in [4.69, 9.17) is 4.74 Å². The van der Waals surface area contributed by atoms with Crippen LogP contribution in [0.3, 0.4) is 0 Å². The summed E-state index contributed by atoms with van der Waals surface area (Å²) < 4.78 is 5.33. The van der Waals surface area contributed by atoms with Crippen molar-refractivity contribution in [1.82, 2.24) is 5.32 Å². The molecule has 0 heterocycles. The molecule has 3 heteroatoms. The highest BCUT2D eigenvalue weighted by Crippen LogP contribution is 2.20. The number of hydrogen-bond donors (Lipinski definition) is 1. The van der Waals surface area contributed by atoms with E-state index in [2.05, 4.69) is 23.5 Å². The first-order valence-corrected chi connectivity index (χ1v) is 7.17. The van der Waals surface area contributed by atoms with Crippen LogP contribution in [-0.2, 0) is 24.2 Å². The highest BCUT2D eigenvalue weighted by molar-refractivity contribution is 5.58. The summed E-state index contributed by atoms with van der Waals surface area (Å²) in [5.74, 6) is 0.794. The third kappa shape index (κ3) is 4.72. The second-order valence-electron chi connectivity index (χ2n) is 4.93. The summed E-state index contributed by atoms with van der Waals surface area (Å²) in [5, 5.41) is 3.43. The zero-order chi connectivity index (χ0) is 14.9. The van der Waals surface area contributed by atoms with Crippen LogP contribution >= 0.6 is 0 Å². The number of aldehydes is 1. The monoisotopic (exact) mass is 283 g/mol. The number of rotatable bonds is 8. The summed E-state index contributed by atoms with van der Waals surface area (Å²) in [4.78, 5) is 10.6. The van der Waals surface area contributed by atoms with Crippen molar-refractivity contribution in [3.63, 3.8) is 0 Å². The summed E-state index contributed by atoms with van der Waals surface area (Å²) in [6.07, 6.45) is 2.24. The quantitative estimate of drug-likeness (QED) is 0.598. The van der Waals surface area contributed by atoms with Crippen LogP contribution in [0.2, 0.25) is 0 Å². The highest BCUT2D eigenvalue weighted by Gasteiger charge is 2.04. The molecule has 0 amide bonds. The predicted molar refractivity (Wildman–Crippen MR) is 84.6 cm³/mol. The van der Waals surface area contributed by atoms with Crippen LogP contribution in [0.4, 0.5) is 0 Å². The van der Waals surface area contributed by atoms with Gasteiger partial charge in [0, 0.05) is 18.5 Å². The highest BCUT2D eigenvalue weighted by atomic mass is 16.5. The normalized spacial score (nSPS) is 10.3. The third-order valence-electron chi connectivity index (χ3n) is 3.42. The van der Waals surface area contributed by atoms with Crippen molar-refractivity contribution < 1.29 is 9.53 Å². The molecule has 0 aliphatic heterocycles. The van der Waals surface area contributed by atoms with E-state index >= 15 is 0 Å². The van der Waals surface area contributed by atoms with Gasteiger partial charge in [-0.25, -0.2) is 0 Å². The average molecular weight is 283 g/mol. The van der Waals surface area contributed by atoms with Crippen LogP contribution in [0.1, 0.15) is 16.7 Å². The zero-order valence-corrected chi connectivity index (χ0v) is 12.3. The molecule has 3 nitrogen and oxygen atoms in total. The molecular weight excluding hydrogens is 262 g/mol. The topological polar surface area (TPSA) is 38.3 Å². The fraction of sp³-hybridized carbons (Fsp3) is 0.278. The van der Waals surface area contributed by atoms with Crippen molar-refractivity contribution >= 4 is 6.29 Å². The lowest BCUT2D eigenvalue weighted by Crippen LogP contribution is -2.16. The summed E-state index contributed by atoms with van der Waals surface area (Å²) in [5.41, 5.74) is 3.44. The summed E-state index contributed by atoms with van der Waals surface area (Å²) in [6, 6.07) is 16.4. The fourth-order valence-corrected chi connectivity index (χ4v) is 2.26. The zero-order valence-electron chi connectivity index (χ0n) is 12.3. The molecule has 0 saturated heterocycles. The van der Waals surface area contributed by atoms with Crippen LogP contribution in [0.15, 0.2) is 48.5 Å². The van der Waals surface area contributed by atoms with Crippen LogP contribution < -0.4 is 10.1 Å². The van der Waals surface area contributed by atoms with Gasteiger partial charge in [-0.2, -0.15) is 0 Å². The Hall–Kier alpha value is -2.13. The Morgan fingerprint density at radius 2 is 1.90 bits per heavy atom. The summed E-state index contributed by atoms with van der Waals surface area (Å²) >= 11 is 0. The van der Waals surface area contributed by atoms with Gasteiger partial charge in [0.25, 0.3) is 0 Å². The predicted octanol–water partition coefficient (Wildman–Crippen LogP) is 2.77. The number of hydrogen-bond acceptors (Lipinski definition) is 3. The number of ether oxygens (including phenoxy) is 1. The van der Waals surface area contributed by atoms with E-state index in [9.17, 15) is 4.79 Å². The molecule has 1 N–H and O–H groups in total. The molecule has 0 aromatic heterocycles. The molecule has 2 aromatic rings. The minimum Gasteiger partial charge on any atom is -0.496 e. The van der Waals surface area contributed by atoms with Crippen molar-refractivity contribution in [3.8, 4) is 5.75 Å². The molecule has 21 heavy (non-hydrogen) atoms. The lowest BCUT2D eigenvalue weighted by molar-refractivity contribution is -0.107. The third-order valence-corrected chi connectivity index (χ3v) is 3.42. The molecule has 0 atom stereocenters. The molecule has 0 saturated carbocycles. The van der Waals surface area contributed by atoms with Crippen molar-refractivity contribution in [2.24, 2.45) is 0 Å². The van der Waals surface area contributed by atoms with Crippen LogP contribution in [0.25, 0.3) is 0 Å². The Balaban J connectivity index is 1.84. The Morgan fingerprint density at radius 1 is 1.10 bits per heavy atom. The number of methoxy groups -OCH3 is 1. The van der Waals surface area contributed by atoms with E-state index in [1.807, 2.05) is 30.3 Å². The van der Waals surface area contributed by atoms with Crippen molar-refractivity contribution in [2.75, 3.05) is 13.7 Å². The molecular formula is C18H21NO2. The van der Waals surface area contributed by atoms with Gasteiger partial charge in [0.15, 0.2) is 0 Å². The molecule has 0 unspecified atom stereocenters. The first-order chi connectivity index (χ1) is 10.3. The number of carbonyl (C=O) groups is 1. The van der Waals surface area contributed by atoms with E-state index in [1.165, 1.54) is 11.1 Å². The lowest BCUT2D eigenvalue weighted by Gasteiger charge is -2.09. The van der Waals surface area contributed by atoms with Crippen molar-refractivity contribution in [2.45, 2.75) is 19.4 Å². The van der Waals surface area contributed by atoms with Gasteiger partial charge in [-0.15, -0.1) is 0 Å². The molecule has 0 aliphatic carbocycles. The van der Waals surface area contributed by atoms with Gasteiger partial charge in [0.05, 0.1) is 7.11 Å². The van der Waals surface area contributed by atoms with Crippen molar-refractivity contribution in [1.29, 1.82) is 0 Å². The van der Waals surface area contributed by atoms with Crippen molar-refractivity contribution in [3.05, 3.63) is 65.2 Å². The van der Waals surface area contributed by atoms with Gasteiger partial charge in [0.2, 0.25) is 0 Å². The number of nitrogens with one attached hydrogen (secondary N) is 1. The van der Waals surface area contributed by atoms with E-state index in [1.54, 1.807) is 7.11 Å². The van der Waals surface area contributed by atoms with E-state index in [-0.39, 0.29) is 0 Å². The van der Waals surface area contributed by atoms with Crippen LogP contribution in [0.5, 0.6) is 5.75 Å². The van der Waals surface area contributed by atoms with Crippen LogP contribution in [-0.4, -0.2) is 19.9 Å². The molecule has 0 radical (unpaired) electrons. The molecule has 2 rings (SSSR count). The van der Waals surface area contributed by atoms with Gasteiger partial charge in [-0.3, -0.25) is 0 Å². The molecule has 0 fully saturated rings. The van der Waals surface area contributed by atoms with Crippen LogP contribution in [0, 0.1) is 0 Å². The van der Waals surface area contributed by atoms with E-state index < -0.39 is 0 Å². The molecule has 0 aliphatic rings. The first-order valence-electron chi connectivity index (χ1n) is 7.17. The lowest BCUT2D eigenvalue weighted by atomic mass is 10.1. The Bertz CT molecular complexity index is 567. The van der Waals surface area contributed by atoms with Gasteiger partial charge < -0.3 is 14.8 Å². The summed E-state index contributed by atoms with van der Waals surface area (Å²) in [7, 11) is 1.64. The largest absolute Gasteiger partial charge is 0.496 e. The molecule has 0 spiro atoms.